The highest BCUT2D eigenvalue weighted by Crippen LogP contribution is 2.25. The molecule has 86 valence electrons. The third-order valence-corrected chi connectivity index (χ3v) is 2.73. The Bertz CT molecular complexity index is 411. The molecule has 0 spiro atoms. The number of hydrogen-bond acceptors (Lipinski definition) is 5. The van der Waals surface area contributed by atoms with Crippen LogP contribution in [0.25, 0.3) is 0 Å². The minimum absolute atomic E-state index is 0.0428. The minimum Gasteiger partial charge on any atom is -0.393 e. The topological polar surface area (TPSA) is 84.1 Å². The van der Waals surface area contributed by atoms with Crippen molar-refractivity contribution in [2.45, 2.75) is 6.42 Å². The van der Waals surface area contributed by atoms with Gasteiger partial charge in [0.05, 0.1) is 0 Å². The van der Waals surface area contributed by atoms with Gasteiger partial charge in [0.15, 0.2) is 11.0 Å². The van der Waals surface area contributed by atoms with Crippen LogP contribution in [0, 0.1) is 0 Å². The van der Waals surface area contributed by atoms with Gasteiger partial charge in [-0.2, -0.15) is 0 Å². The Morgan fingerprint density at radius 1 is 1.44 bits per heavy atom. The summed E-state index contributed by atoms with van der Waals surface area (Å²) in [6, 6.07) is 0. The van der Waals surface area contributed by atoms with E-state index in [2.05, 4.69) is 15.3 Å². The van der Waals surface area contributed by atoms with Gasteiger partial charge in [-0.15, -0.1) is 0 Å². The zero-order valence-corrected chi connectivity index (χ0v) is 9.37. The lowest BCUT2D eigenvalue weighted by Gasteiger charge is -2.21. The SMILES string of the molecule is Nc1c(Cl)ncnc1N1CCNC(=O)CC1. The van der Waals surface area contributed by atoms with E-state index in [9.17, 15) is 4.79 Å². The number of aromatic nitrogens is 2. The van der Waals surface area contributed by atoms with Gasteiger partial charge in [0.1, 0.15) is 12.0 Å². The van der Waals surface area contributed by atoms with Crippen molar-refractivity contribution in [3.05, 3.63) is 11.5 Å². The van der Waals surface area contributed by atoms with Crippen molar-refractivity contribution in [2.75, 3.05) is 30.3 Å². The molecular weight excluding hydrogens is 230 g/mol. The van der Waals surface area contributed by atoms with Crippen LogP contribution < -0.4 is 16.0 Å². The summed E-state index contributed by atoms with van der Waals surface area (Å²) in [6.07, 6.45) is 1.80. The normalized spacial score (nSPS) is 16.8. The first-order chi connectivity index (χ1) is 7.68. The first-order valence-electron chi connectivity index (χ1n) is 4.96. The molecule has 0 aromatic carbocycles. The zero-order valence-electron chi connectivity index (χ0n) is 8.61. The maximum absolute atomic E-state index is 11.2. The van der Waals surface area contributed by atoms with E-state index in [0.717, 1.165) is 0 Å². The fourth-order valence-electron chi connectivity index (χ4n) is 1.60. The first kappa shape index (κ1) is 10.9. The lowest BCUT2D eigenvalue weighted by molar-refractivity contribution is -0.120. The van der Waals surface area contributed by atoms with Crippen molar-refractivity contribution in [1.29, 1.82) is 0 Å². The van der Waals surface area contributed by atoms with E-state index in [1.165, 1.54) is 6.33 Å². The summed E-state index contributed by atoms with van der Waals surface area (Å²) in [6.45, 7) is 1.84. The Morgan fingerprint density at radius 2 is 2.25 bits per heavy atom. The van der Waals surface area contributed by atoms with Crippen molar-refractivity contribution in [3.8, 4) is 0 Å². The van der Waals surface area contributed by atoms with E-state index in [0.29, 0.717) is 37.6 Å². The Balaban J connectivity index is 2.23. The summed E-state index contributed by atoms with van der Waals surface area (Å²) < 4.78 is 0. The van der Waals surface area contributed by atoms with E-state index < -0.39 is 0 Å². The number of nitrogens with one attached hydrogen (secondary N) is 1. The van der Waals surface area contributed by atoms with Gasteiger partial charge in [0.25, 0.3) is 0 Å². The minimum atomic E-state index is 0.0428. The summed E-state index contributed by atoms with van der Waals surface area (Å²) >= 11 is 5.82. The van der Waals surface area contributed by atoms with Gasteiger partial charge in [-0.25, -0.2) is 9.97 Å². The lowest BCUT2D eigenvalue weighted by atomic mass is 10.3. The molecule has 1 aliphatic rings. The summed E-state index contributed by atoms with van der Waals surface area (Å²) in [5.41, 5.74) is 6.15. The van der Waals surface area contributed by atoms with Crippen LogP contribution in [0.3, 0.4) is 0 Å². The van der Waals surface area contributed by atoms with Crippen LogP contribution in [0.1, 0.15) is 6.42 Å². The fourth-order valence-corrected chi connectivity index (χ4v) is 1.72. The van der Waals surface area contributed by atoms with Crippen molar-refractivity contribution < 1.29 is 4.79 Å². The van der Waals surface area contributed by atoms with Crippen molar-refractivity contribution in [1.82, 2.24) is 15.3 Å². The predicted octanol–water partition coefficient (Wildman–Crippen LogP) is 0.0385. The summed E-state index contributed by atoms with van der Waals surface area (Å²) in [5.74, 6) is 0.637. The molecule has 2 rings (SSSR count). The highest BCUT2D eigenvalue weighted by molar-refractivity contribution is 6.32. The largest absolute Gasteiger partial charge is 0.393 e. The molecule has 3 N–H and O–H groups in total. The molecule has 1 amide bonds. The standard InChI is InChI=1S/C9H12ClN5O/c10-8-7(11)9(14-5-13-8)15-3-1-6(16)12-2-4-15/h5H,1-4,11H2,(H,12,16). The highest BCUT2D eigenvalue weighted by atomic mass is 35.5. The average molecular weight is 242 g/mol. The molecule has 0 bridgehead atoms. The van der Waals surface area contributed by atoms with E-state index in [1.54, 1.807) is 0 Å². The van der Waals surface area contributed by atoms with Gasteiger partial charge >= 0.3 is 0 Å². The highest BCUT2D eigenvalue weighted by Gasteiger charge is 2.18. The summed E-state index contributed by atoms with van der Waals surface area (Å²) in [4.78, 5) is 21.0. The third kappa shape index (κ3) is 2.16. The van der Waals surface area contributed by atoms with Crippen LogP contribution in [0.15, 0.2) is 6.33 Å². The van der Waals surface area contributed by atoms with E-state index in [4.69, 9.17) is 17.3 Å². The number of carbonyl (C=O) groups excluding carboxylic acids is 1. The summed E-state index contributed by atoms with van der Waals surface area (Å²) in [5, 5.41) is 3.02. The van der Waals surface area contributed by atoms with Crippen LogP contribution >= 0.6 is 11.6 Å². The van der Waals surface area contributed by atoms with Gasteiger partial charge in [-0.3, -0.25) is 4.79 Å². The smallest absolute Gasteiger partial charge is 0.221 e. The molecule has 1 aliphatic heterocycles. The van der Waals surface area contributed by atoms with Gasteiger partial charge in [-0.05, 0) is 0 Å². The molecule has 1 fully saturated rings. The molecule has 1 aromatic rings. The van der Waals surface area contributed by atoms with Crippen LogP contribution in [0.2, 0.25) is 5.15 Å². The molecule has 0 atom stereocenters. The van der Waals surface area contributed by atoms with E-state index in [1.807, 2.05) is 4.90 Å². The monoisotopic (exact) mass is 241 g/mol. The van der Waals surface area contributed by atoms with Gasteiger partial charge in [-0.1, -0.05) is 11.6 Å². The molecule has 0 aliphatic carbocycles. The number of anilines is 2. The maximum Gasteiger partial charge on any atom is 0.221 e. The third-order valence-electron chi connectivity index (χ3n) is 2.43. The van der Waals surface area contributed by atoms with Crippen molar-refractivity contribution in [3.63, 3.8) is 0 Å². The number of amides is 1. The van der Waals surface area contributed by atoms with E-state index >= 15 is 0 Å². The second-order valence-corrected chi connectivity index (χ2v) is 3.85. The Labute approximate surface area is 97.8 Å². The number of halogens is 1. The molecule has 16 heavy (non-hydrogen) atoms. The van der Waals surface area contributed by atoms with Crippen LogP contribution in [-0.2, 0) is 4.79 Å². The quantitative estimate of drug-likeness (QED) is 0.678. The van der Waals surface area contributed by atoms with Crippen molar-refractivity contribution >= 4 is 29.0 Å². The molecule has 0 radical (unpaired) electrons. The number of nitrogens with two attached hydrogens (primary N) is 1. The van der Waals surface area contributed by atoms with Crippen LogP contribution in [0.5, 0.6) is 0 Å². The molecule has 2 heterocycles. The molecule has 1 aromatic heterocycles. The Kier molecular flexibility index (Phi) is 3.09. The fraction of sp³-hybridized carbons (Fsp3) is 0.444. The molecule has 0 saturated carbocycles. The first-order valence-corrected chi connectivity index (χ1v) is 5.34. The van der Waals surface area contributed by atoms with Crippen LogP contribution in [-0.4, -0.2) is 35.5 Å². The molecule has 7 heteroatoms. The second-order valence-electron chi connectivity index (χ2n) is 3.49. The Hall–Kier alpha value is -1.56. The predicted molar refractivity (Wildman–Crippen MR) is 61.3 cm³/mol. The number of nitrogens with zero attached hydrogens (tertiary/aromatic N) is 3. The molecule has 0 unspecified atom stereocenters. The number of rotatable bonds is 1. The number of hydrogen-bond donors (Lipinski definition) is 2. The zero-order chi connectivity index (χ0) is 11.5. The summed E-state index contributed by atoms with van der Waals surface area (Å²) in [7, 11) is 0. The number of nitrogen functional groups attached to an aromatic ring is 1. The number of carbonyl (C=O) groups is 1. The average Bonchev–Trinajstić information content (AvgIpc) is 2.47. The molecular formula is C9H12ClN5O. The van der Waals surface area contributed by atoms with Gasteiger partial charge < -0.3 is 16.0 Å². The molecule has 6 nitrogen and oxygen atoms in total. The Morgan fingerprint density at radius 3 is 3.06 bits per heavy atom. The van der Waals surface area contributed by atoms with Gasteiger partial charge in [0.2, 0.25) is 5.91 Å². The van der Waals surface area contributed by atoms with Crippen LogP contribution in [0.4, 0.5) is 11.5 Å². The van der Waals surface area contributed by atoms with E-state index in [-0.39, 0.29) is 11.1 Å². The maximum atomic E-state index is 11.2. The van der Waals surface area contributed by atoms with Crippen molar-refractivity contribution in [2.24, 2.45) is 0 Å². The van der Waals surface area contributed by atoms with Gasteiger partial charge in [0, 0.05) is 26.1 Å². The molecule has 1 saturated heterocycles. The second kappa shape index (κ2) is 4.52. The lowest BCUT2D eigenvalue weighted by Crippen LogP contribution is -2.29.